The summed E-state index contributed by atoms with van der Waals surface area (Å²) in [5.74, 6) is -3.03. The minimum absolute atomic E-state index is 0. The molecule has 0 saturated carbocycles. The summed E-state index contributed by atoms with van der Waals surface area (Å²) in [7, 11) is 0. The number of aromatic carboxylic acids is 2. The van der Waals surface area contributed by atoms with Crippen molar-refractivity contribution < 1.29 is 36.9 Å². The Hall–Kier alpha value is -2.24. The number of hydrogen-bond acceptors (Lipinski definition) is 6. The van der Waals surface area contributed by atoms with E-state index in [0.717, 1.165) is 12.1 Å². The van der Waals surface area contributed by atoms with Crippen molar-refractivity contribution in [1.82, 2.24) is 9.97 Å². The molecule has 101 valence electrons. The molecule has 0 aromatic carbocycles. The van der Waals surface area contributed by atoms with Crippen LogP contribution in [-0.4, -0.2) is 21.9 Å². The van der Waals surface area contributed by atoms with Crippen LogP contribution in [0.1, 0.15) is 21.0 Å². The molecule has 0 unspecified atom stereocenters. The van der Waals surface area contributed by atoms with Gasteiger partial charge in [-0.2, -0.15) is 0 Å². The first-order valence-electron chi connectivity index (χ1n) is 4.86. The van der Waals surface area contributed by atoms with E-state index in [-0.39, 0.29) is 17.1 Å². The van der Waals surface area contributed by atoms with Crippen molar-refractivity contribution in [2.75, 3.05) is 0 Å². The zero-order valence-electron chi connectivity index (χ0n) is 9.45. The fourth-order valence-electron chi connectivity index (χ4n) is 0.975. The molecule has 0 aliphatic heterocycles. The first kappa shape index (κ1) is 16.8. The number of carboxylic acids is 2. The SMILES string of the molecule is O=C([O-])c1cccc(C(=O)[O-])n1.[Cu+2].c1ccncc1. The number of pyridine rings is 2. The molecule has 0 N–H and O–H groups in total. The van der Waals surface area contributed by atoms with E-state index in [1.165, 1.54) is 6.07 Å². The Bertz CT molecular complexity index is 478. The molecule has 19 heavy (non-hydrogen) atoms. The van der Waals surface area contributed by atoms with Gasteiger partial charge in [0.2, 0.25) is 0 Å². The monoisotopic (exact) mass is 307 g/mol. The van der Waals surface area contributed by atoms with Gasteiger partial charge in [0, 0.05) is 12.4 Å². The minimum Gasteiger partial charge on any atom is -0.543 e. The quantitative estimate of drug-likeness (QED) is 0.651. The maximum atomic E-state index is 10.2. The smallest absolute Gasteiger partial charge is 0.543 e. The van der Waals surface area contributed by atoms with Crippen LogP contribution in [0.5, 0.6) is 0 Å². The van der Waals surface area contributed by atoms with Gasteiger partial charge in [-0.15, -0.1) is 0 Å². The van der Waals surface area contributed by atoms with Crippen LogP contribution in [0, 0.1) is 0 Å². The Morgan fingerprint density at radius 3 is 1.58 bits per heavy atom. The first-order chi connectivity index (χ1) is 8.61. The van der Waals surface area contributed by atoms with Gasteiger partial charge in [-0.3, -0.25) is 4.98 Å². The molecule has 2 heterocycles. The van der Waals surface area contributed by atoms with Crippen molar-refractivity contribution in [3.63, 3.8) is 0 Å². The van der Waals surface area contributed by atoms with Crippen LogP contribution in [0.2, 0.25) is 0 Å². The third-order valence-corrected chi connectivity index (χ3v) is 1.73. The molecule has 2 rings (SSSR count). The Labute approximate surface area is 119 Å². The second-order valence-corrected chi connectivity index (χ2v) is 3.01. The van der Waals surface area contributed by atoms with Crippen LogP contribution < -0.4 is 10.2 Å². The number of aromatic nitrogens is 2. The molecule has 0 aliphatic carbocycles. The summed E-state index contributed by atoms with van der Waals surface area (Å²) in [6.07, 6.45) is 3.50. The van der Waals surface area contributed by atoms with E-state index in [1.807, 2.05) is 18.2 Å². The number of carboxylic acid groups (broad SMARTS) is 2. The van der Waals surface area contributed by atoms with Crippen molar-refractivity contribution in [1.29, 1.82) is 0 Å². The molecule has 0 saturated heterocycles. The fourth-order valence-corrected chi connectivity index (χ4v) is 0.975. The molecule has 6 nitrogen and oxygen atoms in total. The van der Waals surface area contributed by atoms with Crippen molar-refractivity contribution >= 4 is 11.9 Å². The molecule has 0 bridgehead atoms. The van der Waals surface area contributed by atoms with E-state index in [0.29, 0.717) is 0 Å². The van der Waals surface area contributed by atoms with Crippen molar-refractivity contribution in [2.45, 2.75) is 0 Å². The van der Waals surface area contributed by atoms with Crippen molar-refractivity contribution in [3.05, 3.63) is 60.2 Å². The van der Waals surface area contributed by atoms with Gasteiger partial charge >= 0.3 is 17.1 Å². The van der Waals surface area contributed by atoms with Crippen LogP contribution >= 0.6 is 0 Å². The predicted molar refractivity (Wildman–Crippen MR) is 57.1 cm³/mol. The maximum Gasteiger partial charge on any atom is 2.00 e. The Balaban J connectivity index is 0.000000392. The summed E-state index contributed by atoms with van der Waals surface area (Å²) in [6.45, 7) is 0. The molecular weight excluding hydrogens is 300 g/mol. The van der Waals surface area contributed by atoms with Gasteiger partial charge in [0.25, 0.3) is 0 Å². The zero-order chi connectivity index (χ0) is 13.4. The molecular formula is C12H8CuN2O4. The van der Waals surface area contributed by atoms with Crippen molar-refractivity contribution in [2.24, 2.45) is 0 Å². The van der Waals surface area contributed by atoms with Crippen LogP contribution in [0.25, 0.3) is 0 Å². The minimum atomic E-state index is -1.52. The first-order valence-corrected chi connectivity index (χ1v) is 4.86. The average Bonchev–Trinajstić information content (AvgIpc) is 2.41. The van der Waals surface area contributed by atoms with Gasteiger partial charge in [-0.05, 0) is 24.3 Å². The molecule has 1 radical (unpaired) electrons. The summed E-state index contributed by atoms with van der Waals surface area (Å²) in [5.41, 5.74) is -0.839. The number of carbonyl (C=O) groups excluding carboxylic acids is 2. The number of rotatable bonds is 2. The van der Waals surface area contributed by atoms with Crippen LogP contribution in [0.4, 0.5) is 0 Å². The fraction of sp³-hybridized carbons (Fsp3) is 0. The summed E-state index contributed by atoms with van der Waals surface area (Å²) in [4.78, 5) is 27.4. The van der Waals surface area contributed by atoms with Crippen LogP contribution in [0.15, 0.2) is 48.8 Å². The normalized spacial score (nSPS) is 8.42. The summed E-state index contributed by atoms with van der Waals surface area (Å²) in [6, 6.07) is 9.25. The van der Waals surface area contributed by atoms with E-state index < -0.39 is 23.3 Å². The standard InChI is InChI=1S/C7H5NO4.C5H5N.Cu/c9-6(10)4-2-1-3-5(8-4)7(11)12;1-2-4-6-5-3-1;/h1-3H,(H,9,10)(H,11,12);1-5H;/q;;+2/p-2. The molecule has 0 spiro atoms. The van der Waals surface area contributed by atoms with E-state index in [4.69, 9.17) is 0 Å². The van der Waals surface area contributed by atoms with Gasteiger partial charge in [-0.25, -0.2) is 4.98 Å². The Morgan fingerprint density at radius 1 is 0.842 bits per heavy atom. The zero-order valence-corrected chi connectivity index (χ0v) is 10.4. The van der Waals surface area contributed by atoms with Gasteiger partial charge in [0.05, 0.1) is 23.3 Å². The number of hydrogen-bond donors (Lipinski definition) is 0. The Morgan fingerprint density at radius 2 is 1.32 bits per heavy atom. The molecule has 0 atom stereocenters. The van der Waals surface area contributed by atoms with E-state index in [2.05, 4.69) is 9.97 Å². The summed E-state index contributed by atoms with van der Waals surface area (Å²) < 4.78 is 0. The van der Waals surface area contributed by atoms with Crippen molar-refractivity contribution in [3.8, 4) is 0 Å². The van der Waals surface area contributed by atoms with Gasteiger partial charge < -0.3 is 19.8 Å². The summed E-state index contributed by atoms with van der Waals surface area (Å²) >= 11 is 0. The van der Waals surface area contributed by atoms with Crippen LogP contribution in [0.3, 0.4) is 0 Å². The second-order valence-electron chi connectivity index (χ2n) is 3.01. The maximum absolute atomic E-state index is 10.2. The van der Waals surface area contributed by atoms with E-state index in [1.54, 1.807) is 12.4 Å². The van der Waals surface area contributed by atoms with Gasteiger partial charge in [0.1, 0.15) is 0 Å². The second kappa shape index (κ2) is 8.79. The topological polar surface area (TPSA) is 106 Å². The molecule has 2 aromatic rings. The van der Waals surface area contributed by atoms with Crippen LogP contribution in [-0.2, 0) is 17.1 Å². The average molecular weight is 308 g/mol. The molecule has 0 amide bonds. The van der Waals surface area contributed by atoms with E-state index in [9.17, 15) is 19.8 Å². The molecule has 7 heteroatoms. The third kappa shape index (κ3) is 6.30. The number of nitrogens with zero attached hydrogens (tertiary/aromatic N) is 2. The molecule has 0 aliphatic rings. The van der Waals surface area contributed by atoms with E-state index >= 15 is 0 Å². The molecule has 2 aromatic heterocycles. The summed E-state index contributed by atoms with van der Waals surface area (Å²) in [5, 5.41) is 20.4. The third-order valence-electron chi connectivity index (χ3n) is 1.73. The Kier molecular flexibility index (Phi) is 7.76. The number of carbonyl (C=O) groups is 2. The molecule has 0 fully saturated rings. The van der Waals surface area contributed by atoms with Gasteiger partial charge in [0.15, 0.2) is 0 Å². The largest absolute Gasteiger partial charge is 2.00 e. The predicted octanol–water partition coefficient (Wildman–Crippen LogP) is -1.11. The van der Waals surface area contributed by atoms with Gasteiger partial charge in [-0.1, -0.05) is 12.1 Å².